The zero-order valence-electron chi connectivity index (χ0n) is 9.18. The van der Waals surface area contributed by atoms with Crippen LogP contribution < -0.4 is 5.73 Å². The van der Waals surface area contributed by atoms with E-state index in [1.54, 1.807) is 11.3 Å². The van der Waals surface area contributed by atoms with E-state index in [1.807, 2.05) is 0 Å². The lowest BCUT2D eigenvalue weighted by molar-refractivity contribution is 0.466. The summed E-state index contributed by atoms with van der Waals surface area (Å²) in [5.41, 5.74) is 5.92. The molecule has 3 rings (SSSR count). The van der Waals surface area contributed by atoms with Gasteiger partial charge in [0.15, 0.2) is 5.82 Å². The van der Waals surface area contributed by atoms with E-state index in [1.165, 1.54) is 9.75 Å². The number of rotatable bonds is 1. The van der Waals surface area contributed by atoms with Gasteiger partial charge in [-0.1, -0.05) is 0 Å². The van der Waals surface area contributed by atoms with E-state index in [-0.39, 0.29) is 6.04 Å². The van der Waals surface area contributed by atoms with Gasteiger partial charge in [-0.05, 0) is 25.5 Å². The van der Waals surface area contributed by atoms with Crippen LogP contribution in [-0.2, 0) is 13.0 Å². The Labute approximate surface area is 98.1 Å². The van der Waals surface area contributed by atoms with Crippen LogP contribution in [0.15, 0.2) is 12.1 Å². The third kappa shape index (κ3) is 1.56. The van der Waals surface area contributed by atoms with Gasteiger partial charge >= 0.3 is 0 Å². The van der Waals surface area contributed by atoms with Gasteiger partial charge in [0.1, 0.15) is 5.82 Å². The van der Waals surface area contributed by atoms with Crippen LogP contribution in [0, 0.1) is 6.92 Å². The standard InChI is InChI=1S/C11H14N4S/c1-7-2-3-9(16-7)11-14-13-10-6-8(12)4-5-15(10)11/h2-3,8H,4-6,12H2,1H3. The first-order valence-corrected chi connectivity index (χ1v) is 6.30. The molecule has 0 saturated carbocycles. The monoisotopic (exact) mass is 234 g/mol. The van der Waals surface area contributed by atoms with Gasteiger partial charge in [-0.15, -0.1) is 21.5 Å². The largest absolute Gasteiger partial charge is 0.327 e. The Morgan fingerprint density at radius 2 is 2.31 bits per heavy atom. The second-order valence-corrected chi connectivity index (χ2v) is 5.54. The molecule has 0 spiro atoms. The van der Waals surface area contributed by atoms with Gasteiger partial charge in [-0.2, -0.15) is 0 Å². The Bertz CT molecular complexity index is 514. The van der Waals surface area contributed by atoms with Gasteiger partial charge in [0.05, 0.1) is 4.88 Å². The summed E-state index contributed by atoms with van der Waals surface area (Å²) in [6.45, 7) is 3.05. The van der Waals surface area contributed by atoms with E-state index in [4.69, 9.17) is 5.73 Å². The average Bonchev–Trinajstić information content (AvgIpc) is 2.83. The number of hydrogen-bond acceptors (Lipinski definition) is 4. The molecule has 1 atom stereocenters. The summed E-state index contributed by atoms with van der Waals surface area (Å²) >= 11 is 1.76. The zero-order valence-corrected chi connectivity index (χ0v) is 10.00. The zero-order chi connectivity index (χ0) is 11.1. The third-order valence-electron chi connectivity index (χ3n) is 2.96. The Morgan fingerprint density at radius 1 is 1.44 bits per heavy atom. The van der Waals surface area contributed by atoms with E-state index in [2.05, 4.69) is 33.8 Å². The maximum atomic E-state index is 5.92. The fourth-order valence-electron chi connectivity index (χ4n) is 2.09. The van der Waals surface area contributed by atoms with Gasteiger partial charge in [0, 0.05) is 23.9 Å². The molecule has 2 aromatic heterocycles. The molecule has 2 N–H and O–H groups in total. The molecule has 0 radical (unpaired) electrons. The van der Waals surface area contributed by atoms with Crippen molar-refractivity contribution >= 4 is 11.3 Å². The molecule has 1 unspecified atom stereocenters. The van der Waals surface area contributed by atoms with E-state index >= 15 is 0 Å². The molecule has 3 heterocycles. The number of hydrogen-bond donors (Lipinski definition) is 1. The third-order valence-corrected chi connectivity index (χ3v) is 3.95. The highest BCUT2D eigenvalue weighted by molar-refractivity contribution is 7.15. The Hall–Kier alpha value is -1.20. The first-order valence-electron chi connectivity index (χ1n) is 5.48. The first-order chi connectivity index (χ1) is 7.74. The number of nitrogens with two attached hydrogens (primary N) is 1. The molecule has 0 aromatic carbocycles. The molecule has 16 heavy (non-hydrogen) atoms. The number of thiophene rings is 1. The normalized spacial score (nSPS) is 19.8. The molecule has 84 valence electrons. The van der Waals surface area contributed by atoms with Crippen LogP contribution in [0.2, 0.25) is 0 Å². The van der Waals surface area contributed by atoms with Crippen LogP contribution in [0.5, 0.6) is 0 Å². The summed E-state index contributed by atoms with van der Waals surface area (Å²) in [7, 11) is 0. The summed E-state index contributed by atoms with van der Waals surface area (Å²) < 4.78 is 2.20. The molecule has 0 bridgehead atoms. The fraction of sp³-hybridized carbons (Fsp3) is 0.455. The van der Waals surface area contributed by atoms with Crippen molar-refractivity contribution in [2.75, 3.05) is 0 Å². The Morgan fingerprint density at radius 3 is 3.06 bits per heavy atom. The van der Waals surface area contributed by atoms with E-state index in [0.717, 1.165) is 31.0 Å². The highest BCUT2D eigenvalue weighted by Crippen LogP contribution is 2.28. The summed E-state index contributed by atoms with van der Waals surface area (Å²) in [4.78, 5) is 2.51. The Balaban J connectivity index is 2.03. The molecular weight excluding hydrogens is 220 g/mol. The number of aryl methyl sites for hydroxylation is 1. The molecule has 0 fully saturated rings. The summed E-state index contributed by atoms with van der Waals surface area (Å²) in [5, 5.41) is 8.52. The molecule has 0 saturated heterocycles. The van der Waals surface area contributed by atoms with Gasteiger partial charge in [-0.3, -0.25) is 0 Å². The second-order valence-electron chi connectivity index (χ2n) is 4.25. The number of fused-ring (bicyclic) bond motifs is 1. The van der Waals surface area contributed by atoms with Crippen molar-refractivity contribution in [2.24, 2.45) is 5.73 Å². The Kier molecular flexibility index (Phi) is 2.29. The van der Waals surface area contributed by atoms with Crippen molar-refractivity contribution in [1.82, 2.24) is 14.8 Å². The minimum Gasteiger partial charge on any atom is -0.327 e. The summed E-state index contributed by atoms with van der Waals surface area (Å²) in [5.74, 6) is 2.03. The maximum absolute atomic E-state index is 5.92. The topological polar surface area (TPSA) is 56.7 Å². The molecule has 0 aliphatic carbocycles. The van der Waals surface area contributed by atoms with E-state index < -0.39 is 0 Å². The minimum atomic E-state index is 0.245. The number of nitrogens with zero attached hydrogens (tertiary/aromatic N) is 3. The SMILES string of the molecule is Cc1ccc(-c2nnc3n2CCC(N)C3)s1. The highest BCUT2D eigenvalue weighted by atomic mass is 32.1. The van der Waals surface area contributed by atoms with Gasteiger partial charge < -0.3 is 10.3 Å². The lowest BCUT2D eigenvalue weighted by Crippen LogP contribution is -2.31. The first kappa shape index (κ1) is 9.99. The van der Waals surface area contributed by atoms with Crippen LogP contribution in [0.1, 0.15) is 17.1 Å². The van der Waals surface area contributed by atoms with E-state index in [9.17, 15) is 0 Å². The maximum Gasteiger partial charge on any atom is 0.174 e. The van der Waals surface area contributed by atoms with Crippen molar-refractivity contribution < 1.29 is 0 Å². The molecular formula is C11H14N4S. The predicted octanol–water partition coefficient (Wildman–Crippen LogP) is 1.59. The van der Waals surface area contributed by atoms with Crippen LogP contribution in [0.25, 0.3) is 10.7 Å². The number of aromatic nitrogens is 3. The lowest BCUT2D eigenvalue weighted by atomic mass is 10.1. The summed E-state index contributed by atoms with van der Waals surface area (Å²) in [6, 6.07) is 4.48. The summed E-state index contributed by atoms with van der Waals surface area (Å²) in [6.07, 6.45) is 1.86. The average molecular weight is 234 g/mol. The van der Waals surface area contributed by atoms with Gasteiger partial charge in [0.25, 0.3) is 0 Å². The quantitative estimate of drug-likeness (QED) is 0.815. The molecule has 1 aliphatic rings. The van der Waals surface area contributed by atoms with Crippen molar-refractivity contribution in [3.63, 3.8) is 0 Å². The molecule has 2 aromatic rings. The second kappa shape index (κ2) is 3.68. The van der Waals surface area contributed by atoms with Crippen molar-refractivity contribution in [1.29, 1.82) is 0 Å². The van der Waals surface area contributed by atoms with Crippen molar-refractivity contribution in [3.8, 4) is 10.7 Å². The highest BCUT2D eigenvalue weighted by Gasteiger charge is 2.21. The van der Waals surface area contributed by atoms with Crippen LogP contribution >= 0.6 is 11.3 Å². The van der Waals surface area contributed by atoms with Gasteiger partial charge in [0.2, 0.25) is 0 Å². The van der Waals surface area contributed by atoms with Crippen LogP contribution in [-0.4, -0.2) is 20.8 Å². The predicted molar refractivity (Wildman–Crippen MR) is 64.4 cm³/mol. The molecule has 5 heteroatoms. The van der Waals surface area contributed by atoms with Crippen molar-refractivity contribution in [3.05, 3.63) is 22.8 Å². The molecule has 4 nitrogen and oxygen atoms in total. The van der Waals surface area contributed by atoms with Gasteiger partial charge in [-0.25, -0.2) is 0 Å². The molecule has 0 amide bonds. The molecule has 1 aliphatic heterocycles. The minimum absolute atomic E-state index is 0.245. The smallest absolute Gasteiger partial charge is 0.174 e. The van der Waals surface area contributed by atoms with Crippen LogP contribution in [0.4, 0.5) is 0 Å². The van der Waals surface area contributed by atoms with E-state index in [0.29, 0.717) is 0 Å². The lowest BCUT2D eigenvalue weighted by Gasteiger charge is -2.19. The van der Waals surface area contributed by atoms with Crippen LogP contribution in [0.3, 0.4) is 0 Å². The fourth-order valence-corrected chi connectivity index (χ4v) is 2.95. The van der Waals surface area contributed by atoms with Crippen molar-refractivity contribution in [2.45, 2.75) is 32.4 Å².